The molecule has 0 atom stereocenters. The first kappa shape index (κ1) is 14.3. The van der Waals surface area contributed by atoms with Gasteiger partial charge in [0.2, 0.25) is 0 Å². The lowest BCUT2D eigenvalue weighted by Gasteiger charge is -2.15. The predicted molar refractivity (Wildman–Crippen MR) is 61.8 cm³/mol. The van der Waals surface area contributed by atoms with Crippen LogP contribution in [0.1, 0.15) is 5.56 Å². The second-order valence-corrected chi connectivity index (χ2v) is 4.80. The van der Waals surface area contributed by atoms with E-state index in [1.165, 1.54) is 12.1 Å². The molecule has 0 saturated carbocycles. The summed E-state index contributed by atoms with van der Waals surface area (Å²) in [6, 6.07) is 6.34. The van der Waals surface area contributed by atoms with Crippen molar-refractivity contribution >= 4 is 11.8 Å². The quantitative estimate of drug-likeness (QED) is 0.828. The molecule has 0 radical (unpaired) electrons. The van der Waals surface area contributed by atoms with Crippen molar-refractivity contribution in [3.8, 4) is 0 Å². The molecule has 0 aliphatic rings. The first-order valence-electron chi connectivity index (χ1n) is 5.05. The zero-order chi connectivity index (χ0) is 12.9. The molecule has 0 saturated heterocycles. The van der Waals surface area contributed by atoms with Gasteiger partial charge in [0.05, 0.1) is 6.61 Å². The van der Waals surface area contributed by atoms with E-state index in [0.717, 1.165) is 5.56 Å². The van der Waals surface area contributed by atoms with Crippen molar-refractivity contribution in [2.75, 3.05) is 20.2 Å². The maximum absolute atomic E-state index is 12.2. The Morgan fingerprint density at radius 3 is 2.65 bits per heavy atom. The van der Waals surface area contributed by atoms with E-state index in [2.05, 4.69) is 0 Å². The summed E-state index contributed by atoms with van der Waals surface area (Å²) >= 11 is -0.113. The first-order valence-corrected chi connectivity index (χ1v) is 5.86. The van der Waals surface area contributed by atoms with Crippen LogP contribution in [0, 0.1) is 0 Å². The Hall–Kier alpha value is -0.720. The van der Waals surface area contributed by atoms with Crippen LogP contribution in [0.15, 0.2) is 29.2 Å². The van der Waals surface area contributed by atoms with Crippen molar-refractivity contribution in [1.29, 1.82) is 0 Å². The highest BCUT2D eigenvalue weighted by Crippen LogP contribution is 2.36. The van der Waals surface area contributed by atoms with Gasteiger partial charge in [-0.3, -0.25) is 4.90 Å². The first-order chi connectivity index (χ1) is 7.90. The van der Waals surface area contributed by atoms with Gasteiger partial charge in [0.15, 0.2) is 0 Å². The molecule has 0 aliphatic heterocycles. The van der Waals surface area contributed by atoms with Gasteiger partial charge in [-0.2, -0.15) is 13.2 Å². The molecule has 0 fully saturated rings. The Kier molecular flexibility index (Phi) is 5.30. The number of halogens is 3. The van der Waals surface area contributed by atoms with Crippen molar-refractivity contribution in [3.05, 3.63) is 29.8 Å². The van der Waals surface area contributed by atoms with E-state index in [-0.39, 0.29) is 23.3 Å². The molecule has 96 valence electrons. The summed E-state index contributed by atoms with van der Waals surface area (Å²) in [6.07, 6.45) is 0. The Labute approximate surface area is 102 Å². The van der Waals surface area contributed by atoms with E-state index in [9.17, 15) is 13.2 Å². The van der Waals surface area contributed by atoms with E-state index < -0.39 is 5.51 Å². The molecule has 6 heteroatoms. The van der Waals surface area contributed by atoms with Crippen LogP contribution < -0.4 is 0 Å². The molecular formula is C11H14F3NOS. The predicted octanol–water partition coefficient (Wildman–Crippen LogP) is 2.72. The fraction of sp³-hybridized carbons (Fsp3) is 0.455. The number of rotatable bonds is 5. The van der Waals surface area contributed by atoms with Crippen LogP contribution in [-0.2, 0) is 6.54 Å². The summed E-state index contributed by atoms with van der Waals surface area (Å²) in [5, 5.41) is 8.73. The summed E-state index contributed by atoms with van der Waals surface area (Å²) in [5.74, 6) is 0. The largest absolute Gasteiger partial charge is 0.446 e. The Morgan fingerprint density at radius 1 is 1.35 bits per heavy atom. The summed E-state index contributed by atoms with van der Waals surface area (Å²) in [7, 11) is 1.81. The molecule has 0 heterocycles. The standard InChI is InChI=1S/C11H14F3NOS/c1-15(5-6-16)8-9-3-2-4-10(7-9)17-11(12,13)14/h2-4,7,16H,5-6,8H2,1H3. The zero-order valence-corrected chi connectivity index (χ0v) is 10.2. The van der Waals surface area contributed by atoms with Crippen LogP contribution in [0.5, 0.6) is 0 Å². The van der Waals surface area contributed by atoms with Gasteiger partial charge in [0, 0.05) is 18.0 Å². The SMILES string of the molecule is CN(CCO)Cc1cccc(SC(F)(F)F)c1. The van der Waals surface area contributed by atoms with E-state index in [1.807, 2.05) is 4.90 Å². The van der Waals surface area contributed by atoms with Crippen LogP contribution in [0.4, 0.5) is 13.2 Å². The average molecular weight is 265 g/mol. The summed E-state index contributed by atoms with van der Waals surface area (Å²) in [4.78, 5) is 2.03. The van der Waals surface area contributed by atoms with Gasteiger partial charge in [-0.25, -0.2) is 0 Å². The lowest BCUT2D eigenvalue weighted by molar-refractivity contribution is -0.0328. The molecule has 1 aromatic rings. The van der Waals surface area contributed by atoms with E-state index in [0.29, 0.717) is 13.1 Å². The van der Waals surface area contributed by atoms with Crippen molar-refractivity contribution in [2.45, 2.75) is 16.9 Å². The molecule has 1 aromatic carbocycles. The Balaban J connectivity index is 2.66. The van der Waals surface area contributed by atoms with Crippen molar-refractivity contribution in [1.82, 2.24) is 4.90 Å². The molecule has 17 heavy (non-hydrogen) atoms. The molecule has 0 unspecified atom stereocenters. The van der Waals surface area contributed by atoms with Gasteiger partial charge in [0.1, 0.15) is 0 Å². The number of thioether (sulfide) groups is 1. The van der Waals surface area contributed by atoms with Crippen molar-refractivity contribution in [3.63, 3.8) is 0 Å². The lowest BCUT2D eigenvalue weighted by Crippen LogP contribution is -2.21. The second kappa shape index (κ2) is 6.28. The molecule has 0 bridgehead atoms. The van der Waals surface area contributed by atoms with Crippen LogP contribution >= 0.6 is 11.8 Å². The van der Waals surface area contributed by atoms with Gasteiger partial charge in [0.25, 0.3) is 0 Å². The maximum Gasteiger partial charge on any atom is 0.446 e. The molecule has 0 aliphatic carbocycles. The highest BCUT2D eigenvalue weighted by molar-refractivity contribution is 8.00. The third kappa shape index (κ3) is 5.95. The van der Waals surface area contributed by atoms with Crippen molar-refractivity contribution in [2.24, 2.45) is 0 Å². The van der Waals surface area contributed by atoms with E-state index in [1.54, 1.807) is 19.2 Å². The minimum Gasteiger partial charge on any atom is -0.395 e. The van der Waals surface area contributed by atoms with Gasteiger partial charge in [-0.05, 0) is 36.5 Å². The number of alkyl halides is 3. The van der Waals surface area contributed by atoms with Crippen LogP contribution in [0.2, 0.25) is 0 Å². The smallest absolute Gasteiger partial charge is 0.395 e. The maximum atomic E-state index is 12.2. The van der Waals surface area contributed by atoms with Crippen LogP contribution in [0.3, 0.4) is 0 Å². The molecular weight excluding hydrogens is 251 g/mol. The summed E-state index contributed by atoms with van der Waals surface area (Å²) < 4.78 is 36.5. The monoisotopic (exact) mass is 265 g/mol. The minimum atomic E-state index is -4.25. The lowest BCUT2D eigenvalue weighted by atomic mass is 10.2. The average Bonchev–Trinajstić information content (AvgIpc) is 2.15. The summed E-state index contributed by atoms with van der Waals surface area (Å²) in [5.41, 5.74) is -3.45. The van der Waals surface area contributed by atoms with E-state index >= 15 is 0 Å². The molecule has 0 aromatic heterocycles. The number of aliphatic hydroxyl groups excluding tert-OH is 1. The molecule has 1 N–H and O–H groups in total. The number of likely N-dealkylation sites (N-methyl/N-ethyl adjacent to an activating group) is 1. The number of hydrogen-bond acceptors (Lipinski definition) is 3. The minimum absolute atomic E-state index is 0.0352. The number of aliphatic hydroxyl groups is 1. The van der Waals surface area contributed by atoms with Gasteiger partial charge in [-0.15, -0.1) is 0 Å². The fourth-order valence-electron chi connectivity index (χ4n) is 1.40. The summed E-state index contributed by atoms with van der Waals surface area (Å²) in [6.45, 7) is 1.05. The molecule has 1 rings (SSSR count). The van der Waals surface area contributed by atoms with Gasteiger partial charge >= 0.3 is 5.51 Å². The number of benzene rings is 1. The molecule has 0 amide bonds. The second-order valence-electron chi connectivity index (χ2n) is 3.66. The highest BCUT2D eigenvalue weighted by Gasteiger charge is 2.29. The Bertz CT molecular complexity index is 357. The van der Waals surface area contributed by atoms with Crippen molar-refractivity contribution < 1.29 is 18.3 Å². The van der Waals surface area contributed by atoms with Crippen LogP contribution in [-0.4, -0.2) is 35.7 Å². The highest BCUT2D eigenvalue weighted by atomic mass is 32.2. The fourth-order valence-corrected chi connectivity index (χ4v) is 2.03. The normalized spacial score (nSPS) is 12.1. The molecule has 0 spiro atoms. The third-order valence-corrected chi connectivity index (χ3v) is 2.79. The van der Waals surface area contributed by atoms with E-state index in [4.69, 9.17) is 5.11 Å². The van der Waals surface area contributed by atoms with Gasteiger partial charge < -0.3 is 5.11 Å². The zero-order valence-electron chi connectivity index (χ0n) is 9.37. The van der Waals surface area contributed by atoms with Gasteiger partial charge in [-0.1, -0.05) is 12.1 Å². The number of nitrogens with zero attached hydrogens (tertiary/aromatic N) is 1. The Morgan fingerprint density at radius 2 is 2.06 bits per heavy atom. The molecule has 2 nitrogen and oxygen atoms in total. The van der Waals surface area contributed by atoms with Crippen LogP contribution in [0.25, 0.3) is 0 Å². The third-order valence-electron chi connectivity index (χ3n) is 2.07. The topological polar surface area (TPSA) is 23.5 Å². The number of hydrogen-bond donors (Lipinski definition) is 1.